The van der Waals surface area contributed by atoms with E-state index in [4.69, 9.17) is 4.98 Å². The standard InChI is InChI=1S/C36H39N5O3/c1-4-21-40(34(43)24-28-10-6-5-7-11-28)25(2)35-38-31-20-17-29(23-32(31)39-35)14-13-27-15-18-30(19-16-27)37-36(44)33-12-8-9-22-41(33)26(3)42/h5-7,10-11,15-20,23,25,33H,4,8-9,12,21-22,24H2,1-3H3,(H,37,44)(H,38,39)/t25-,33-/m0/s1. The zero-order valence-corrected chi connectivity index (χ0v) is 25.6. The molecule has 3 aromatic carbocycles. The Morgan fingerprint density at radius 1 is 1.02 bits per heavy atom. The third-order valence-electron chi connectivity index (χ3n) is 8.06. The summed E-state index contributed by atoms with van der Waals surface area (Å²) in [5, 5.41) is 2.95. The Labute approximate surface area is 258 Å². The Bertz CT molecular complexity index is 1680. The van der Waals surface area contributed by atoms with Crippen LogP contribution in [0, 0.1) is 11.8 Å². The molecular weight excluding hydrogens is 550 g/mol. The predicted octanol–water partition coefficient (Wildman–Crippen LogP) is 5.84. The molecule has 1 aliphatic heterocycles. The minimum Gasteiger partial charge on any atom is -0.340 e. The maximum atomic E-state index is 13.2. The first kappa shape index (κ1) is 30.6. The number of nitrogens with one attached hydrogen (secondary N) is 2. The number of carbonyl (C=O) groups excluding carboxylic acids is 3. The summed E-state index contributed by atoms with van der Waals surface area (Å²) in [6.07, 6.45) is 3.76. The summed E-state index contributed by atoms with van der Waals surface area (Å²) in [5.41, 5.74) is 5.02. The number of nitrogens with zero attached hydrogens (tertiary/aromatic N) is 3. The lowest BCUT2D eigenvalue weighted by molar-refractivity contribution is -0.138. The van der Waals surface area contributed by atoms with E-state index in [9.17, 15) is 14.4 Å². The summed E-state index contributed by atoms with van der Waals surface area (Å²) in [6, 6.07) is 22.4. The third-order valence-corrected chi connectivity index (χ3v) is 8.06. The van der Waals surface area contributed by atoms with Crippen LogP contribution in [0.15, 0.2) is 72.8 Å². The fourth-order valence-corrected chi connectivity index (χ4v) is 5.69. The van der Waals surface area contributed by atoms with Gasteiger partial charge in [-0.25, -0.2) is 4.98 Å². The van der Waals surface area contributed by atoms with Crippen LogP contribution in [-0.4, -0.2) is 56.6 Å². The van der Waals surface area contributed by atoms with Gasteiger partial charge >= 0.3 is 0 Å². The van der Waals surface area contributed by atoms with Crippen LogP contribution in [0.4, 0.5) is 5.69 Å². The number of hydrogen-bond acceptors (Lipinski definition) is 4. The molecule has 0 radical (unpaired) electrons. The zero-order valence-electron chi connectivity index (χ0n) is 25.6. The van der Waals surface area contributed by atoms with Crippen LogP contribution in [0.25, 0.3) is 11.0 Å². The number of piperidine rings is 1. The molecule has 5 rings (SSSR count). The van der Waals surface area contributed by atoms with E-state index in [1.165, 1.54) is 6.92 Å². The van der Waals surface area contributed by atoms with Gasteiger partial charge in [-0.05, 0) is 80.6 Å². The second-order valence-corrected chi connectivity index (χ2v) is 11.3. The highest BCUT2D eigenvalue weighted by Crippen LogP contribution is 2.24. The summed E-state index contributed by atoms with van der Waals surface area (Å²) >= 11 is 0. The van der Waals surface area contributed by atoms with Crippen molar-refractivity contribution in [1.82, 2.24) is 19.8 Å². The van der Waals surface area contributed by atoms with Crippen LogP contribution in [0.3, 0.4) is 0 Å². The average Bonchev–Trinajstić information content (AvgIpc) is 3.47. The second-order valence-electron chi connectivity index (χ2n) is 11.3. The van der Waals surface area contributed by atoms with E-state index >= 15 is 0 Å². The molecule has 1 saturated heterocycles. The number of fused-ring (bicyclic) bond motifs is 1. The normalized spacial score (nSPS) is 15.2. The number of anilines is 1. The highest BCUT2D eigenvalue weighted by atomic mass is 16.2. The van der Waals surface area contributed by atoms with E-state index in [-0.39, 0.29) is 23.8 Å². The van der Waals surface area contributed by atoms with Gasteiger partial charge in [0.05, 0.1) is 23.5 Å². The van der Waals surface area contributed by atoms with Crippen molar-refractivity contribution in [3.8, 4) is 11.8 Å². The number of aromatic amines is 1. The molecule has 226 valence electrons. The van der Waals surface area contributed by atoms with Gasteiger partial charge in [0, 0.05) is 36.8 Å². The van der Waals surface area contributed by atoms with Crippen molar-refractivity contribution in [2.75, 3.05) is 18.4 Å². The molecule has 8 heteroatoms. The van der Waals surface area contributed by atoms with Crippen LogP contribution < -0.4 is 5.32 Å². The fraction of sp³-hybridized carbons (Fsp3) is 0.333. The van der Waals surface area contributed by atoms with Crippen LogP contribution in [0.1, 0.15) is 75.0 Å². The first-order chi connectivity index (χ1) is 21.3. The van der Waals surface area contributed by atoms with Crippen molar-refractivity contribution in [3.63, 3.8) is 0 Å². The summed E-state index contributed by atoms with van der Waals surface area (Å²) in [4.78, 5) is 49.8. The second kappa shape index (κ2) is 14.0. The molecule has 8 nitrogen and oxygen atoms in total. The lowest BCUT2D eigenvalue weighted by Crippen LogP contribution is -2.49. The van der Waals surface area contributed by atoms with Crippen molar-refractivity contribution in [2.24, 2.45) is 0 Å². The van der Waals surface area contributed by atoms with Gasteiger partial charge in [-0.3, -0.25) is 14.4 Å². The Hall–Kier alpha value is -4.90. The Balaban J connectivity index is 1.25. The molecule has 2 atom stereocenters. The van der Waals surface area contributed by atoms with Gasteiger partial charge in [-0.15, -0.1) is 0 Å². The highest BCUT2D eigenvalue weighted by Gasteiger charge is 2.30. The molecule has 0 bridgehead atoms. The van der Waals surface area contributed by atoms with Crippen molar-refractivity contribution in [1.29, 1.82) is 0 Å². The van der Waals surface area contributed by atoms with E-state index < -0.39 is 6.04 Å². The molecule has 1 aromatic heterocycles. The molecule has 0 saturated carbocycles. The Morgan fingerprint density at radius 3 is 2.48 bits per heavy atom. The maximum Gasteiger partial charge on any atom is 0.247 e. The molecule has 44 heavy (non-hydrogen) atoms. The molecule has 1 aliphatic rings. The minimum atomic E-state index is -0.425. The molecule has 4 aromatic rings. The maximum absolute atomic E-state index is 13.2. The van der Waals surface area contributed by atoms with Gasteiger partial charge in [0.1, 0.15) is 11.9 Å². The van der Waals surface area contributed by atoms with E-state index in [1.807, 2.05) is 84.6 Å². The van der Waals surface area contributed by atoms with E-state index in [1.54, 1.807) is 4.90 Å². The zero-order chi connectivity index (χ0) is 31.1. The van der Waals surface area contributed by atoms with Gasteiger partial charge in [-0.1, -0.05) is 49.1 Å². The Morgan fingerprint density at radius 2 is 1.75 bits per heavy atom. The molecule has 1 fully saturated rings. The molecule has 2 N–H and O–H groups in total. The monoisotopic (exact) mass is 589 g/mol. The molecule has 0 unspecified atom stereocenters. The predicted molar refractivity (Wildman–Crippen MR) is 173 cm³/mol. The van der Waals surface area contributed by atoms with Gasteiger partial charge in [-0.2, -0.15) is 0 Å². The number of H-pyrrole nitrogens is 1. The Kier molecular flexibility index (Phi) is 9.75. The van der Waals surface area contributed by atoms with E-state index in [0.29, 0.717) is 31.6 Å². The largest absolute Gasteiger partial charge is 0.340 e. The molecule has 3 amide bonds. The highest BCUT2D eigenvalue weighted by molar-refractivity contribution is 5.97. The lowest BCUT2D eigenvalue weighted by atomic mass is 10.0. The van der Waals surface area contributed by atoms with Gasteiger partial charge in [0.25, 0.3) is 0 Å². The smallest absolute Gasteiger partial charge is 0.247 e. The summed E-state index contributed by atoms with van der Waals surface area (Å²) in [7, 11) is 0. The molecule has 2 heterocycles. The summed E-state index contributed by atoms with van der Waals surface area (Å²) in [6.45, 7) is 6.87. The molecular formula is C36H39N5O3. The first-order valence-electron chi connectivity index (χ1n) is 15.4. The van der Waals surface area contributed by atoms with Crippen LogP contribution in [-0.2, 0) is 20.8 Å². The fourth-order valence-electron chi connectivity index (χ4n) is 5.69. The minimum absolute atomic E-state index is 0.0677. The number of hydrogen-bond donors (Lipinski definition) is 2. The van der Waals surface area contributed by atoms with Gasteiger partial charge in [0.2, 0.25) is 17.7 Å². The number of imidazole rings is 1. The lowest BCUT2D eigenvalue weighted by Gasteiger charge is -2.33. The van der Waals surface area contributed by atoms with Crippen molar-refractivity contribution in [3.05, 3.63) is 95.3 Å². The third kappa shape index (κ3) is 7.35. The number of carbonyl (C=O) groups is 3. The summed E-state index contributed by atoms with van der Waals surface area (Å²) < 4.78 is 0. The molecule has 0 spiro atoms. The topological polar surface area (TPSA) is 98.4 Å². The van der Waals surface area contributed by atoms with E-state index in [2.05, 4.69) is 29.1 Å². The number of amides is 3. The number of aromatic nitrogens is 2. The van der Waals surface area contributed by atoms with Crippen LogP contribution in [0.5, 0.6) is 0 Å². The van der Waals surface area contributed by atoms with Gasteiger partial charge in [0.15, 0.2) is 0 Å². The average molecular weight is 590 g/mol. The first-order valence-corrected chi connectivity index (χ1v) is 15.4. The SMILES string of the molecule is CCCN(C(=O)Cc1ccccc1)[C@@H](C)c1nc2ccc(C#Cc3ccc(NC(=O)[C@@H]4CCCCN4C(C)=O)cc3)cc2[nH]1. The van der Waals surface area contributed by atoms with E-state index in [0.717, 1.165) is 52.8 Å². The van der Waals surface area contributed by atoms with Crippen molar-refractivity contribution in [2.45, 2.75) is 65.0 Å². The van der Waals surface area contributed by atoms with Crippen LogP contribution in [0.2, 0.25) is 0 Å². The number of likely N-dealkylation sites (tertiary alicyclic amines) is 1. The summed E-state index contributed by atoms with van der Waals surface area (Å²) in [5.74, 6) is 7.01. The molecule has 0 aliphatic carbocycles. The number of benzene rings is 3. The number of rotatable bonds is 8. The van der Waals surface area contributed by atoms with Crippen LogP contribution >= 0.6 is 0 Å². The van der Waals surface area contributed by atoms with Crippen molar-refractivity contribution >= 4 is 34.4 Å². The van der Waals surface area contributed by atoms with Crippen molar-refractivity contribution < 1.29 is 14.4 Å². The van der Waals surface area contributed by atoms with Gasteiger partial charge < -0.3 is 20.1 Å². The quantitative estimate of drug-likeness (QED) is 0.252.